The topological polar surface area (TPSA) is 212 Å². The van der Waals surface area contributed by atoms with Crippen molar-refractivity contribution in [3.63, 3.8) is 0 Å². The molecule has 2 fully saturated rings. The molecule has 0 radical (unpaired) electrons. The smallest absolute Gasteiger partial charge is 0.333 e. The molecule has 0 aromatic rings. The molecule has 2 aliphatic heterocycles. The van der Waals surface area contributed by atoms with Gasteiger partial charge in [-0.1, -0.05) is 13.5 Å². The van der Waals surface area contributed by atoms with Gasteiger partial charge in [0.15, 0.2) is 30.7 Å². The molecule has 2 rings (SSSR count). The Balaban J connectivity index is 2.58. The van der Waals surface area contributed by atoms with Crippen molar-refractivity contribution in [3.8, 4) is 0 Å². The molecule has 0 spiro atoms. The third-order valence-electron chi connectivity index (χ3n) is 6.49. The van der Waals surface area contributed by atoms with Gasteiger partial charge in [-0.05, 0) is 6.92 Å². The molecule has 258 valence electrons. The largest absolute Gasteiger partial charge is 0.463 e. The summed E-state index contributed by atoms with van der Waals surface area (Å²) in [4.78, 5) is 84.3. The highest BCUT2D eigenvalue weighted by Crippen LogP contribution is 2.36. The van der Waals surface area contributed by atoms with E-state index in [1.54, 1.807) is 0 Å². The fourth-order valence-electron chi connectivity index (χ4n) is 4.74. The molecule has 10 unspecified atom stereocenters. The van der Waals surface area contributed by atoms with Gasteiger partial charge >= 0.3 is 41.8 Å². The molecule has 0 aromatic carbocycles. The minimum absolute atomic E-state index is 0.0454. The van der Waals surface area contributed by atoms with Crippen LogP contribution in [0.2, 0.25) is 0 Å². The monoisotopic (exact) mass is 660 g/mol. The van der Waals surface area contributed by atoms with Crippen LogP contribution in [0.1, 0.15) is 55.4 Å². The molecular weight excluding hydrogens is 620 g/mol. The summed E-state index contributed by atoms with van der Waals surface area (Å²) in [6.45, 7) is 12.0. The van der Waals surface area contributed by atoms with Crippen molar-refractivity contribution in [2.45, 2.75) is 111 Å². The van der Waals surface area contributed by atoms with Crippen molar-refractivity contribution < 1.29 is 80.9 Å². The molecule has 2 saturated heterocycles. The molecule has 10 atom stereocenters. The summed E-state index contributed by atoms with van der Waals surface area (Å²) in [7, 11) is 0. The van der Waals surface area contributed by atoms with Gasteiger partial charge in [0, 0.05) is 53.0 Å². The maximum Gasteiger partial charge on any atom is 0.333 e. The Morgan fingerprint density at radius 1 is 0.522 bits per heavy atom. The van der Waals surface area contributed by atoms with Crippen LogP contribution in [0.25, 0.3) is 0 Å². The Labute approximate surface area is 265 Å². The Hall–Kier alpha value is -4.09. The second kappa shape index (κ2) is 17.0. The lowest BCUT2D eigenvalue weighted by molar-refractivity contribution is -0.370. The second-order valence-corrected chi connectivity index (χ2v) is 10.6. The summed E-state index contributed by atoms with van der Waals surface area (Å²) in [5, 5.41) is 0. The van der Waals surface area contributed by atoms with Gasteiger partial charge in [-0.25, -0.2) is 4.79 Å². The van der Waals surface area contributed by atoms with Crippen LogP contribution in [0.3, 0.4) is 0 Å². The molecule has 0 bridgehead atoms. The second-order valence-electron chi connectivity index (χ2n) is 10.6. The summed E-state index contributed by atoms with van der Waals surface area (Å²) in [6.07, 6.45) is -12.7. The van der Waals surface area contributed by atoms with Crippen molar-refractivity contribution in [2.75, 3.05) is 13.2 Å². The first kappa shape index (κ1) is 38.1. The van der Waals surface area contributed by atoms with E-state index in [9.17, 15) is 33.6 Å². The number of hydrogen-bond acceptors (Lipinski definition) is 17. The van der Waals surface area contributed by atoms with Crippen molar-refractivity contribution in [1.82, 2.24) is 0 Å². The van der Waals surface area contributed by atoms with E-state index in [1.807, 2.05) is 0 Å². The first-order valence-corrected chi connectivity index (χ1v) is 14.2. The summed E-state index contributed by atoms with van der Waals surface area (Å²) in [5.41, 5.74) is 0.0454. The van der Waals surface area contributed by atoms with Gasteiger partial charge in [0.25, 0.3) is 0 Å². The summed E-state index contributed by atoms with van der Waals surface area (Å²) in [6, 6.07) is 0. The Kier molecular flexibility index (Phi) is 14.1. The predicted octanol–water partition coefficient (Wildman–Crippen LogP) is 0.430. The number of ether oxygens (including phenoxy) is 10. The fraction of sp³-hybridized carbons (Fsp3) is 0.690. The Bertz CT molecular complexity index is 1180. The van der Waals surface area contributed by atoms with E-state index in [1.165, 1.54) is 13.8 Å². The minimum atomic E-state index is -1.67. The van der Waals surface area contributed by atoms with Crippen LogP contribution in [0, 0.1) is 5.92 Å². The number of rotatable bonds is 12. The van der Waals surface area contributed by atoms with Gasteiger partial charge in [-0.2, -0.15) is 0 Å². The first-order chi connectivity index (χ1) is 21.4. The Morgan fingerprint density at radius 2 is 0.913 bits per heavy atom. The number of carbonyl (C=O) groups excluding carboxylic acids is 7. The van der Waals surface area contributed by atoms with Gasteiger partial charge in [0.1, 0.15) is 31.5 Å². The SMILES string of the molecule is C=C(C)C(=O)OCC1OC(OC2OC(COC(C)=O)C(OC(C)=O)C(OC(C)=O)C2C)C(OC(C)=O)C(OC(C)=O)C1OC(C)=O. The zero-order valence-corrected chi connectivity index (χ0v) is 26.8. The van der Waals surface area contributed by atoms with Crippen LogP contribution in [0.4, 0.5) is 0 Å². The lowest BCUT2D eigenvalue weighted by Crippen LogP contribution is -2.65. The van der Waals surface area contributed by atoms with Gasteiger partial charge in [0.05, 0.1) is 0 Å². The average molecular weight is 661 g/mol. The highest BCUT2D eigenvalue weighted by atomic mass is 16.8. The normalized spacial score (nSPS) is 30.5. The highest BCUT2D eigenvalue weighted by Gasteiger charge is 2.56. The van der Waals surface area contributed by atoms with E-state index >= 15 is 0 Å². The molecule has 0 aromatic heterocycles. The van der Waals surface area contributed by atoms with Gasteiger partial charge < -0.3 is 47.4 Å². The first-order valence-electron chi connectivity index (χ1n) is 14.2. The molecule has 0 saturated carbocycles. The Morgan fingerprint density at radius 3 is 1.37 bits per heavy atom. The van der Waals surface area contributed by atoms with Gasteiger partial charge in [-0.15, -0.1) is 0 Å². The molecule has 0 aliphatic carbocycles. The van der Waals surface area contributed by atoms with E-state index < -0.39 is 116 Å². The van der Waals surface area contributed by atoms with Gasteiger partial charge in [0.2, 0.25) is 6.29 Å². The summed E-state index contributed by atoms with van der Waals surface area (Å²) in [5.74, 6) is -6.49. The predicted molar refractivity (Wildman–Crippen MR) is 148 cm³/mol. The van der Waals surface area contributed by atoms with Crippen molar-refractivity contribution in [3.05, 3.63) is 12.2 Å². The quantitative estimate of drug-likeness (QED) is 0.158. The van der Waals surface area contributed by atoms with E-state index in [0.29, 0.717) is 0 Å². The van der Waals surface area contributed by atoms with E-state index in [0.717, 1.165) is 41.5 Å². The standard InChI is InChI=1S/C29H40O17/c1-12(2)27(36)38-11-21-24(41-17(7)33)25(42-18(8)34)26(43-19(9)35)29(45-21)46-28-13(3)22(39-15(5)31)23(40-16(6)32)20(44-28)10-37-14(4)30/h13,20-26,28-29H,1,10-11H2,2-9H3. The van der Waals surface area contributed by atoms with Crippen LogP contribution in [0.15, 0.2) is 12.2 Å². The van der Waals surface area contributed by atoms with Gasteiger partial charge in [-0.3, -0.25) is 28.8 Å². The maximum absolute atomic E-state index is 12.2. The zero-order chi connectivity index (χ0) is 34.9. The van der Waals surface area contributed by atoms with Crippen LogP contribution >= 0.6 is 0 Å². The van der Waals surface area contributed by atoms with Crippen molar-refractivity contribution >= 4 is 41.8 Å². The molecule has 0 amide bonds. The van der Waals surface area contributed by atoms with Crippen molar-refractivity contribution in [2.24, 2.45) is 5.92 Å². The molecular formula is C29H40O17. The van der Waals surface area contributed by atoms with Crippen LogP contribution in [0.5, 0.6) is 0 Å². The molecule has 17 heteroatoms. The molecule has 0 N–H and O–H groups in total. The van der Waals surface area contributed by atoms with E-state index in [-0.39, 0.29) is 5.57 Å². The number of carbonyl (C=O) groups is 7. The van der Waals surface area contributed by atoms with Crippen molar-refractivity contribution in [1.29, 1.82) is 0 Å². The molecule has 2 heterocycles. The van der Waals surface area contributed by atoms with Crippen LogP contribution in [-0.4, -0.2) is 110 Å². The number of hydrogen-bond donors (Lipinski definition) is 0. The third-order valence-corrected chi connectivity index (χ3v) is 6.49. The lowest BCUT2D eigenvalue weighted by atomic mass is 9.91. The minimum Gasteiger partial charge on any atom is -0.463 e. The van der Waals surface area contributed by atoms with E-state index in [4.69, 9.17) is 47.4 Å². The lowest BCUT2D eigenvalue weighted by Gasteiger charge is -2.48. The molecule has 2 aliphatic rings. The summed E-state index contributed by atoms with van der Waals surface area (Å²) < 4.78 is 55.6. The third kappa shape index (κ3) is 11.1. The maximum atomic E-state index is 12.2. The average Bonchev–Trinajstić information content (AvgIpc) is 2.92. The number of esters is 7. The summed E-state index contributed by atoms with van der Waals surface area (Å²) >= 11 is 0. The van der Waals surface area contributed by atoms with Crippen LogP contribution < -0.4 is 0 Å². The van der Waals surface area contributed by atoms with Crippen LogP contribution in [-0.2, 0) is 80.9 Å². The van der Waals surface area contributed by atoms with E-state index in [2.05, 4.69) is 6.58 Å². The molecule has 46 heavy (non-hydrogen) atoms. The zero-order valence-electron chi connectivity index (χ0n) is 26.8. The highest BCUT2D eigenvalue weighted by molar-refractivity contribution is 5.86. The molecule has 17 nitrogen and oxygen atoms in total. The fourth-order valence-corrected chi connectivity index (χ4v) is 4.74.